The fourth-order valence-corrected chi connectivity index (χ4v) is 1.40. The van der Waals surface area contributed by atoms with Gasteiger partial charge in [0, 0.05) is 13.6 Å². The largest absolute Gasteiger partial charge is 0.213 e. The van der Waals surface area contributed by atoms with Crippen molar-refractivity contribution < 1.29 is 8.42 Å². The number of rotatable bonds is 3. The van der Waals surface area contributed by atoms with E-state index >= 15 is 0 Å². The quantitative estimate of drug-likeness (QED) is 0.756. The summed E-state index contributed by atoms with van der Waals surface area (Å²) in [6, 6.07) is 7.49. The van der Waals surface area contributed by atoms with Crippen molar-refractivity contribution in [3.8, 4) is 0 Å². The first kappa shape index (κ1) is 11.2. The lowest BCUT2D eigenvalue weighted by molar-refractivity contribution is 0.472. The van der Waals surface area contributed by atoms with Gasteiger partial charge in [0.25, 0.3) is 0 Å². The van der Waals surface area contributed by atoms with Crippen LogP contribution in [0.1, 0.15) is 11.1 Å². The van der Waals surface area contributed by atoms with Gasteiger partial charge in [-0.25, -0.2) is 12.7 Å². The normalized spacial score (nSPS) is 12.0. The maximum atomic E-state index is 11.1. The Hall–Kier alpha value is -0.870. The van der Waals surface area contributed by atoms with Crippen LogP contribution >= 0.6 is 0 Å². The first-order chi connectivity index (χ1) is 6.39. The van der Waals surface area contributed by atoms with Crippen molar-refractivity contribution in [2.75, 3.05) is 13.3 Å². The number of hydrogen-bond donors (Lipinski definition) is 0. The molecule has 0 spiro atoms. The molecule has 77 valence electrons. The lowest BCUT2D eigenvalue weighted by Gasteiger charge is -2.13. The van der Waals surface area contributed by atoms with E-state index in [9.17, 15) is 8.42 Å². The first-order valence-electron chi connectivity index (χ1n) is 4.22. The minimum Gasteiger partial charge on any atom is -0.213 e. The predicted octanol–water partition coefficient (Wildman–Crippen LogP) is 1.26. The second-order valence-electron chi connectivity index (χ2n) is 3.34. The molecule has 0 fully saturated rings. The summed E-state index contributed by atoms with van der Waals surface area (Å²) < 4.78 is 23.5. The summed E-state index contributed by atoms with van der Waals surface area (Å²) >= 11 is 0. The molecule has 0 heterocycles. The van der Waals surface area contributed by atoms with Crippen LogP contribution in [0.4, 0.5) is 0 Å². The maximum Gasteiger partial charge on any atom is 0.211 e. The van der Waals surface area contributed by atoms with Crippen LogP contribution in [0.5, 0.6) is 0 Å². The third kappa shape index (κ3) is 3.12. The van der Waals surface area contributed by atoms with Crippen LogP contribution in [0.2, 0.25) is 0 Å². The topological polar surface area (TPSA) is 37.4 Å². The second kappa shape index (κ2) is 4.11. The van der Waals surface area contributed by atoms with Crippen molar-refractivity contribution >= 4 is 10.0 Å². The van der Waals surface area contributed by atoms with Crippen molar-refractivity contribution in [2.45, 2.75) is 6.54 Å². The standard InChI is InChI=1S/C10H14NO2S/c1-9-4-6-10(7-5-9)8-11(2)14(3,12)13/h4-7H,1,8H2,2-3H3. The van der Waals surface area contributed by atoms with Crippen LogP contribution in [0.25, 0.3) is 0 Å². The van der Waals surface area contributed by atoms with Gasteiger partial charge in [-0.05, 0) is 18.1 Å². The van der Waals surface area contributed by atoms with E-state index in [4.69, 9.17) is 0 Å². The zero-order chi connectivity index (χ0) is 10.8. The van der Waals surface area contributed by atoms with Crippen molar-refractivity contribution in [2.24, 2.45) is 0 Å². The minimum absolute atomic E-state index is 0.402. The molecule has 0 aliphatic rings. The molecule has 1 aromatic rings. The molecule has 0 saturated heterocycles. The van der Waals surface area contributed by atoms with Gasteiger partial charge in [-0.3, -0.25) is 0 Å². The van der Waals surface area contributed by atoms with Gasteiger partial charge < -0.3 is 0 Å². The van der Waals surface area contributed by atoms with Gasteiger partial charge in [-0.1, -0.05) is 24.3 Å². The lowest BCUT2D eigenvalue weighted by atomic mass is 10.1. The summed E-state index contributed by atoms with van der Waals surface area (Å²) in [6.07, 6.45) is 1.20. The van der Waals surface area contributed by atoms with E-state index in [2.05, 4.69) is 6.92 Å². The molecule has 1 radical (unpaired) electrons. The van der Waals surface area contributed by atoms with Crippen LogP contribution in [-0.4, -0.2) is 26.0 Å². The van der Waals surface area contributed by atoms with Crippen molar-refractivity contribution in [3.05, 3.63) is 42.3 Å². The number of benzene rings is 1. The highest BCUT2D eigenvalue weighted by molar-refractivity contribution is 7.88. The second-order valence-corrected chi connectivity index (χ2v) is 5.42. The minimum atomic E-state index is -3.09. The Morgan fingerprint density at radius 3 is 2.21 bits per heavy atom. The fourth-order valence-electron chi connectivity index (χ4n) is 1.02. The summed E-state index contributed by atoms with van der Waals surface area (Å²) in [5, 5.41) is 0. The van der Waals surface area contributed by atoms with E-state index in [0.717, 1.165) is 11.1 Å². The molecule has 4 heteroatoms. The van der Waals surface area contributed by atoms with Gasteiger partial charge in [-0.2, -0.15) is 0 Å². The molecular weight excluding hydrogens is 198 g/mol. The lowest BCUT2D eigenvalue weighted by Crippen LogP contribution is -2.24. The highest BCUT2D eigenvalue weighted by Crippen LogP contribution is 2.07. The fraction of sp³-hybridized carbons (Fsp3) is 0.300. The Morgan fingerprint density at radius 1 is 1.29 bits per heavy atom. The van der Waals surface area contributed by atoms with E-state index in [1.807, 2.05) is 24.3 Å². The molecule has 0 saturated carbocycles. The molecule has 0 aliphatic carbocycles. The third-order valence-corrected chi connectivity index (χ3v) is 3.26. The number of nitrogens with zero attached hydrogens (tertiary/aromatic N) is 1. The predicted molar refractivity (Wildman–Crippen MR) is 57.2 cm³/mol. The van der Waals surface area contributed by atoms with Gasteiger partial charge in [-0.15, -0.1) is 0 Å². The van der Waals surface area contributed by atoms with E-state index in [0.29, 0.717) is 6.54 Å². The van der Waals surface area contributed by atoms with Gasteiger partial charge in [0.1, 0.15) is 0 Å². The van der Waals surface area contributed by atoms with Crippen LogP contribution in [0, 0.1) is 6.92 Å². The van der Waals surface area contributed by atoms with Gasteiger partial charge in [0.05, 0.1) is 6.26 Å². The highest BCUT2D eigenvalue weighted by atomic mass is 32.2. The molecule has 3 nitrogen and oxygen atoms in total. The molecule has 1 aromatic carbocycles. The highest BCUT2D eigenvalue weighted by Gasteiger charge is 2.10. The molecular formula is C10H14NO2S. The summed E-state index contributed by atoms with van der Waals surface area (Å²) in [5.74, 6) is 0. The summed E-state index contributed by atoms with van der Waals surface area (Å²) in [6.45, 7) is 4.16. The molecule has 0 bridgehead atoms. The smallest absolute Gasteiger partial charge is 0.211 e. The summed E-state index contributed by atoms with van der Waals surface area (Å²) in [7, 11) is -1.53. The molecule has 0 unspecified atom stereocenters. The van der Waals surface area contributed by atoms with Gasteiger partial charge >= 0.3 is 0 Å². The zero-order valence-corrected chi connectivity index (χ0v) is 9.21. The van der Waals surface area contributed by atoms with Crippen LogP contribution in [0.15, 0.2) is 24.3 Å². The Kier molecular flexibility index (Phi) is 3.29. The molecule has 0 amide bonds. The molecule has 0 aliphatic heterocycles. The van der Waals surface area contributed by atoms with Crippen LogP contribution in [0.3, 0.4) is 0 Å². The van der Waals surface area contributed by atoms with E-state index < -0.39 is 10.0 Å². The SMILES string of the molecule is [CH2]c1ccc(CN(C)S(C)(=O)=O)cc1. The Morgan fingerprint density at radius 2 is 1.79 bits per heavy atom. The van der Waals surface area contributed by atoms with Crippen molar-refractivity contribution in [1.82, 2.24) is 4.31 Å². The number of sulfonamides is 1. The Bertz CT molecular complexity index is 395. The van der Waals surface area contributed by atoms with Crippen LogP contribution < -0.4 is 0 Å². The Labute approximate surface area is 85.4 Å². The molecule has 0 N–H and O–H groups in total. The zero-order valence-electron chi connectivity index (χ0n) is 8.40. The molecule has 0 atom stereocenters. The monoisotopic (exact) mass is 212 g/mol. The van der Waals surface area contributed by atoms with Gasteiger partial charge in [0.15, 0.2) is 0 Å². The van der Waals surface area contributed by atoms with Gasteiger partial charge in [0.2, 0.25) is 10.0 Å². The summed E-state index contributed by atoms with van der Waals surface area (Å²) in [4.78, 5) is 0. The molecule has 0 aromatic heterocycles. The van der Waals surface area contributed by atoms with Crippen LogP contribution in [-0.2, 0) is 16.6 Å². The van der Waals surface area contributed by atoms with E-state index in [1.165, 1.54) is 10.6 Å². The first-order valence-corrected chi connectivity index (χ1v) is 6.06. The van der Waals surface area contributed by atoms with E-state index in [1.54, 1.807) is 7.05 Å². The average molecular weight is 212 g/mol. The Balaban J connectivity index is 2.75. The maximum absolute atomic E-state index is 11.1. The van der Waals surface area contributed by atoms with E-state index in [-0.39, 0.29) is 0 Å². The molecule has 1 rings (SSSR count). The number of hydrogen-bond acceptors (Lipinski definition) is 2. The van der Waals surface area contributed by atoms with Crippen molar-refractivity contribution in [3.63, 3.8) is 0 Å². The average Bonchev–Trinajstić information content (AvgIpc) is 2.07. The van der Waals surface area contributed by atoms with Crippen molar-refractivity contribution in [1.29, 1.82) is 0 Å². The molecule has 14 heavy (non-hydrogen) atoms. The summed E-state index contributed by atoms with van der Waals surface area (Å²) in [5.41, 5.74) is 1.89. The third-order valence-electron chi connectivity index (χ3n) is 1.99.